The van der Waals surface area contributed by atoms with Gasteiger partial charge in [0.15, 0.2) is 0 Å². The van der Waals surface area contributed by atoms with Crippen LogP contribution in [0.3, 0.4) is 0 Å². The molecule has 72 valence electrons. The van der Waals surface area contributed by atoms with Crippen LogP contribution in [0.2, 0.25) is 0 Å². The van der Waals surface area contributed by atoms with E-state index in [9.17, 15) is 5.11 Å². The molecule has 2 atom stereocenters. The van der Waals surface area contributed by atoms with Gasteiger partial charge >= 0.3 is 0 Å². The number of hydrogen-bond acceptors (Lipinski definition) is 2. The average molecular weight is 356 g/mol. The predicted molar refractivity (Wildman–Crippen MR) is 65.5 cm³/mol. The van der Waals surface area contributed by atoms with Gasteiger partial charge in [0.05, 0.1) is 12.1 Å². The third-order valence-corrected chi connectivity index (χ3v) is 3.31. The van der Waals surface area contributed by atoms with E-state index in [4.69, 9.17) is 5.73 Å². The molecule has 0 aliphatic rings. The van der Waals surface area contributed by atoms with Crippen LogP contribution >= 0.6 is 38.5 Å². The molecular formula is C9H11BrINO. The van der Waals surface area contributed by atoms with Crippen LogP contribution in [0.1, 0.15) is 18.5 Å². The molecule has 1 aromatic rings. The highest BCUT2D eigenvalue weighted by molar-refractivity contribution is 14.1. The Morgan fingerprint density at radius 3 is 2.69 bits per heavy atom. The van der Waals surface area contributed by atoms with E-state index in [1.54, 1.807) is 6.92 Å². The molecule has 0 amide bonds. The maximum Gasteiger partial charge on any atom is 0.0705 e. The van der Waals surface area contributed by atoms with Gasteiger partial charge in [-0.25, -0.2) is 0 Å². The molecule has 0 saturated carbocycles. The Labute approximate surface area is 99.8 Å². The fourth-order valence-corrected chi connectivity index (χ4v) is 2.10. The number of benzene rings is 1. The first-order valence-corrected chi connectivity index (χ1v) is 5.78. The van der Waals surface area contributed by atoms with Crippen LogP contribution in [0.4, 0.5) is 0 Å². The molecular weight excluding hydrogens is 345 g/mol. The second kappa shape index (κ2) is 4.72. The van der Waals surface area contributed by atoms with Gasteiger partial charge in [-0.3, -0.25) is 0 Å². The van der Waals surface area contributed by atoms with Crippen molar-refractivity contribution in [2.24, 2.45) is 5.73 Å². The zero-order valence-electron chi connectivity index (χ0n) is 7.17. The van der Waals surface area contributed by atoms with Crippen LogP contribution in [0.5, 0.6) is 0 Å². The number of hydrogen-bond donors (Lipinski definition) is 2. The molecule has 0 saturated heterocycles. The molecule has 0 fully saturated rings. The number of halogens is 2. The van der Waals surface area contributed by atoms with Crippen molar-refractivity contribution in [3.05, 3.63) is 31.8 Å². The lowest BCUT2D eigenvalue weighted by Crippen LogP contribution is -2.24. The second-order valence-electron chi connectivity index (χ2n) is 2.93. The zero-order chi connectivity index (χ0) is 10.0. The van der Waals surface area contributed by atoms with E-state index in [2.05, 4.69) is 38.5 Å². The Kier molecular flexibility index (Phi) is 4.15. The van der Waals surface area contributed by atoms with Gasteiger partial charge in [-0.2, -0.15) is 0 Å². The average Bonchev–Trinajstić information content (AvgIpc) is 2.08. The first-order chi connectivity index (χ1) is 6.02. The summed E-state index contributed by atoms with van der Waals surface area (Å²) in [5.74, 6) is 0. The minimum atomic E-state index is -0.525. The largest absolute Gasteiger partial charge is 0.391 e. The number of aliphatic hydroxyl groups excluding tert-OH is 1. The van der Waals surface area contributed by atoms with Gasteiger partial charge in [-0.1, -0.05) is 15.9 Å². The molecule has 0 aliphatic carbocycles. The lowest BCUT2D eigenvalue weighted by Gasteiger charge is -2.16. The second-order valence-corrected chi connectivity index (χ2v) is 5.01. The lowest BCUT2D eigenvalue weighted by molar-refractivity contribution is 0.164. The van der Waals surface area contributed by atoms with Crippen LogP contribution in [0.15, 0.2) is 22.7 Å². The van der Waals surface area contributed by atoms with E-state index < -0.39 is 6.10 Å². The maximum absolute atomic E-state index is 9.35. The standard InChI is InChI=1S/C9H11BrINO/c1-5(13)9(12)7-4-6(10)2-3-8(7)11/h2-5,9,13H,12H2,1H3/t5-,9-/m1/s1. The van der Waals surface area contributed by atoms with Crippen molar-refractivity contribution < 1.29 is 5.11 Å². The van der Waals surface area contributed by atoms with Gasteiger partial charge in [0.2, 0.25) is 0 Å². The molecule has 4 heteroatoms. The first kappa shape index (κ1) is 11.4. The van der Waals surface area contributed by atoms with E-state index in [0.29, 0.717) is 0 Å². The van der Waals surface area contributed by atoms with E-state index >= 15 is 0 Å². The molecule has 1 rings (SSSR count). The zero-order valence-corrected chi connectivity index (χ0v) is 10.9. The molecule has 0 spiro atoms. The minimum Gasteiger partial charge on any atom is -0.391 e. The van der Waals surface area contributed by atoms with Gasteiger partial charge in [0, 0.05) is 8.04 Å². The maximum atomic E-state index is 9.35. The van der Waals surface area contributed by atoms with Crippen molar-refractivity contribution in [1.29, 1.82) is 0 Å². The third-order valence-electron chi connectivity index (χ3n) is 1.84. The van der Waals surface area contributed by atoms with Crippen molar-refractivity contribution in [1.82, 2.24) is 0 Å². The summed E-state index contributed by atoms with van der Waals surface area (Å²) in [6.45, 7) is 1.70. The first-order valence-electron chi connectivity index (χ1n) is 3.91. The van der Waals surface area contributed by atoms with Crippen LogP contribution in [0, 0.1) is 3.57 Å². The summed E-state index contributed by atoms with van der Waals surface area (Å²) in [5, 5.41) is 9.35. The van der Waals surface area contributed by atoms with Crippen molar-refractivity contribution in [2.75, 3.05) is 0 Å². The minimum absolute atomic E-state index is 0.315. The van der Waals surface area contributed by atoms with Gasteiger partial charge in [0.25, 0.3) is 0 Å². The molecule has 3 N–H and O–H groups in total. The van der Waals surface area contributed by atoms with Crippen LogP contribution in [-0.4, -0.2) is 11.2 Å². The Bertz CT molecular complexity index is 304. The van der Waals surface area contributed by atoms with Gasteiger partial charge in [-0.05, 0) is 53.3 Å². The molecule has 1 aromatic carbocycles. The normalized spacial score (nSPS) is 15.5. The highest BCUT2D eigenvalue weighted by Gasteiger charge is 2.14. The van der Waals surface area contributed by atoms with Gasteiger partial charge in [-0.15, -0.1) is 0 Å². The smallest absolute Gasteiger partial charge is 0.0705 e. The fourth-order valence-electron chi connectivity index (χ4n) is 1.03. The molecule has 0 aliphatic heterocycles. The quantitative estimate of drug-likeness (QED) is 0.800. The summed E-state index contributed by atoms with van der Waals surface area (Å²) in [4.78, 5) is 0. The lowest BCUT2D eigenvalue weighted by atomic mass is 10.0. The monoisotopic (exact) mass is 355 g/mol. The SMILES string of the molecule is C[C@@H](O)[C@@H](N)c1cc(Br)ccc1I. The summed E-state index contributed by atoms with van der Waals surface area (Å²) < 4.78 is 2.06. The molecule has 0 unspecified atom stereocenters. The highest BCUT2D eigenvalue weighted by atomic mass is 127. The molecule has 2 nitrogen and oxygen atoms in total. The van der Waals surface area contributed by atoms with E-state index in [1.807, 2.05) is 18.2 Å². The van der Waals surface area contributed by atoms with Crippen molar-refractivity contribution in [3.8, 4) is 0 Å². The number of aliphatic hydroxyl groups is 1. The predicted octanol–water partition coefficient (Wildman–Crippen LogP) is 2.43. The summed E-state index contributed by atoms with van der Waals surface area (Å²) in [6.07, 6.45) is -0.525. The third kappa shape index (κ3) is 2.90. The van der Waals surface area contributed by atoms with Crippen molar-refractivity contribution in [3.63, 3.8) is 0 Å². The molecule has 0 aromatic heterocycles. The van der Waals surface area contributed by atoms with Crippen LogP contribution in [0.25, 0.3) is 0 Å². The topological polar surface area (TPSA) is 46.2 Å². The van der Waals surface area contributed by atoms with E-state index in [0.717, 1.165) is 13.6 Å². The summed E-state index contributed by atoms with van der Waals surface area (Å²) in [5.41, 5.74) is 6.81. The van der Waals surface area contributed by atoms with Crippen LogP contribution < -0.4 is 5.73 Å². The summed E-state index contributed by atoms with van der Waals surface area (Å²) in [6, 6.07) is 5.56. The van der Waals surface area contributed by atoms with Crippen molar-refractivity contribution in [2.45, 2.75) is 19.1 Å². The molecule has 13 heavy (non-hydrogen) atoms. The van der Waals surface area contributed by atoms with E-state index in [-0.39, 0.29) is 6.04 Å². The Morgan fingerprint density at radius 2 is 2.15 bits per heavy atom. The Balaban J connectivity index is 3.05. The molecule has 0 radical (unpaired) electrons. The van der Waals surface area contributed by atoms with Gasteiger partial charge < -0.3 is 10.8 Å². The Hall–Kier alpha value is 0.350. The fraction of sp³-hybridized carbons (Fsp3) is 0.333. The summed E-state index contributed by atoms with van der Waals surface area (Å²) in [7, 11) is 0. The number of rotatable bonds is 2. The van der Waals surface area contributed by atoms with Gasteiger partial charge in [0.1, 0.15) is 0 Å². The van der Waals surface area contributed by atoms with E-state index in [1.165, 1.54) is 0 Å². The molecule has 0 bridgehead atoms. The number of nitrogens with two attached hydrogens (primary N) is 1. The summed E-state index contributed by atoms with van der Waals surface area (Å²) >= 11 is 5.59. The molecule has 0 heterocycles. The van der Waals surface area contributed by atoms with Crippen LogP contribution in [-0.2, 0) is 0 Å². The van der Waals surface area contributed by atoms with Crippen molar-refractivity contribution >= 4 is 38.5 Å². The highest BCUT2D eigenvalue weighted by Crippen LogP contribution is 2.24. The Morgan fingerprint density at radius 1 is 1.54 bits per heavy atom.